The fourth-order valence-electron chi connectivity index (χ4n) is 3.57. The molecule has 2 atom stereocenters. The second-order valence-electron chi connectivity index (χ2n) is 6.99. The summed E-state index contributed by atoms with van der Waals surface area (Å²) in [5, 5.41) is 12.2. The van der Waals surface area contributed by atoms with Gasteiger partial charge in [0.05, 0.1) is 5.92 Å². The van der Waals surface area contributed by atoms with Crippen molar-refractivity contribution in [1.82, 2.24) is 10.2 Å². The van der Waals surface area contributed by atoms with Gasteiger partial charge in [0.15, 0.2) is 0 Å². The number of carbonyl (C=O) groups is 3. The summed E-state index contributed by atoms with van der Waals surface area (Å²) in [6, 6.07) is 6.64. The highest BCUT2D eigenvalue weighted by Crippen LogP contribution is 2.44. The zero-order valence-electron chi connectivity index (χ0n) is 14.4. The van der Waals surface area contributed by atoms with E-state index in [1.54, 1.807) is 29.2 Å². The topological polar surface area (TPSA) is 86.7 Å². The normalized spacial score (nSPS) is 22.7. The first-order valence-corrected chi connectivity index (χ1v) is 8.91. The van der Waals surface area contributed by atoms with E-state index in [0.29, 0.717) is 30.1 Å². The van der Waals surface area contributed by atoms with Crippen molar-refractivity contribution >= 4 is 17.8 Å². The van der Waals surface area contributed by atoms with Crippen molar-refractivity contribution in [1.29, 1.82) is 0 Å². The van der Waals surface area contributed by atoms with Gasteiger partial charge in [-0.05, 0) is 49.3 Å². The molecule has 0 aromatic heterocycles. The standard InChI is InChI=1S/C19H24N2O4/c1-2-8-20-17(22)13-4-3-5-14(9-13)18(23)21-10-15(12-6-7-12)16(11-21)19(24)25/h3-5,9,12,15-16H,2,6-8,10-11H2,1H3,(H,20,22)(H,24,25)/t15-,16+/m1/s1. The van der Waals surface area contributed by atoms with Gasteiger partial charge < -0.3 is 15.3 Å². The molecular weight excluding hydrogens is 320 g/mol. The smallest absolute Gasteiger partial charge is 0.308 e. The van der Waals surface area contributed by atoms with Gasteiger partial charge in [-0.25, -0.2) is 0 Å². The van der Waals surface area contributed by atoms with Gasteiger partial charge in [0.25, 0.3) is 11.8 Å². The van der Waals surface area contributed by atoms with Crippen molar-refractivity contribution in [3.05, 3.63) is 35.4 Å². The third-order valence-electron chi connectivity index (χ3n) is 5.10. The molecule has 6 nitrogen and oxygen atoms in total. The Bertz CT molecular complexity index is 684. The first-order valence-electron chi connectivity index (χ1n) is 8.91. The molecule has 3 rings (SSSR count). The van der Waals surface area contributed by atoms with Crippen LogP contribution in [0.1, 0.15) is 46.9 Å². The highest BCUT2D eigenvalue weighted by Gasteiger charge is 2.46. The molecule has 25 heavy (non-hydrogen) atoms. The lowest BCUT2D eigenvalue weighted by Crippen LogP contribution is -2.30. The van der Waals surface area contributed by atoms with E-state index < -0.39 is 11.9 Å². The molecule has 1 saturated carbocycles. The molecule has 1 aliphatic carbocycles. The summed E-state index contributed by atoms with van der Waals surface area (Å²) in [6.07, 6.45) is 2.96. The SMILES string of the molecule is CCCNC(=O)c1cccc(C(=O)N2C[C@H](C(=O)O)[C@@H](C3CC3)C2)c1. The van der Waals surface area contributed by atoms with E-state index in [4.69, 9.17) is 0 Å². The number of likely N-dealkylation sites (tertiary alicyclic amines) is 1. The number of aliphatic carboxylic acids is 1. The van der Waals surface area contributed by atoms with Crippen LogP contribution in [0.5, 0.6) is 0 Å². The van der Waals surface area contributed by atoms with Crippen molar-refractivity contribution in [3.8, 4) is 0 Å². The van der Waals surface area contributed by atoms with Crippen LogP contribution in [0.15, 0.2) is 24.3 Å². The molecule has 1 aromatic carbocycles. The largest absolute Gasteiger partial charge is 0.481 e. The maximum absolute atomic E-state index is 12.8. The number of hydrogen-bond donors (Lipinski definition) is 2. The van der Waals surface area contributed by atoms with Crippen LogP contribution in [0.2, 0.25) is 0 Å². The number of carboxylic acid groups (broad SMARTS) is 1. The van der Waals surface area contributed by atoms with Gasteiger partial charge in [-0.2, -0.15) is 0 Å². The van der Waals surface area contributed by atoms with E-state index >= 15 is 0 Å². The number of amides is 2. The quantitative estimate of drug-likeness (QED) is 0.826. The Morgan fingerprint density at radius 1 is 1.20 bits per heavy atom. The molecule has 6 heteroatoms. The Balaban J connectivity index is 1.72. The second-order valence-corrected chi connectivity index (χ2v) is 6.99. The van der Waals surface area contributed by atoms with Gasteiger partial charge in [-0.15, -0.1) is 0 Å². The summed E-state index contributed by atoms with van der Waals surface area (Å²) in [5.41, 5.74) is 0.886. The average molecular weight is 344 g/mol. The van der Waals surface area contributed by atoms with Gasteiger partial charge in [0.1, 0.15) is 0 Å². The minimum Gasteiger partial charge on any atom is -0.481 e. The van der Waals surface area contributed by atoms with Crippen LogP contribution in [-0.2, 0) is 4.79 Å². The Labute approximate surface area is 147 Å². The van der Waals surface area contributed by atoms with Crippen molar-refractivity contribution in [3.63, 3.8) is 0 Å². The fraction of sp³-hybridized carbons (Fsp3) is 0.526. The van der Waals surface area contributed by atoms with Gasteiger partial charge in [0.2, 0.25) is 0 Å². The van der Waals surface area contributed by atoms with E-state index in [1.807, 2.05) is 6.92 Å². The molecule has 2 N–H and O–H groups in total. The molecule has 2 fully saturated rings. The van der Waals surface area contributed by atoms with Crippen molar-refractivity contribution in [2.75, 3.05) is 19.6 Å². The minimum absolute atomic E-state index is 0.0532. The van der Waals surface area contributed by atoms with E-state index in [9.17, 15) is 19.5 Å². The molecule has 1 heterocycles. The number of rotatable bonds is 6. The van der Waals surface area contributed by atoms with Crippen LogP contribution < -0.4 is 5.32 Å². The predicted molar refractivity (Wildman–Crippen MR) is 92.3 cm³/mol. The number of benzene rings is 1. The Kier molecular flexibility index (Phi) is 5.06. The van der Waals surface area contributed by atoms with Crippen LogP contribution in [0.3, 0.4) is 0 Å². The number of hydrogen-bond acceptors (Lipinski definition) is 3. The lowest BCUT2D eigenvalue weighted by Gasteiger charge is -2.17. The van der Waals surface area contributed by atoms with Gasteiger partial charge in [-0.3, -0.25) is 14.4 Å². The molecule has 1 aliphatic heterocycles. The summed E-state index contributed by atoms with van der Waals surface area (Å²) in [7, 11) is 0. The van der Waals surface area contributed by atoms with Crippen LogP contribution in [0.4, 0.5) is 0 Å². The maximum atomic E-state index is 12.8. The molecule has 1 saturated heterocycles. The second kappa shape index (κ2) is 7.25. The highest BCUT2D eigenvalue weighted by atomic mass is 16.4. The maximum Gasteiger partial charge on any atom is 0.308 e. The van der Waals surface area contributed by atoms with Crippen LogP contribution >= 0.6 is 0 Å². The number of carbonyl (C=O) groups excluding carboxylic acids is 2. The van der Waals surface area contributed by atoms with Crippen molar-refractivity contribution in [2.24, 2.45) is 17.8 Å². The lowest BCUT2D eigenvalue weighted by molar-refractivity contribution is -0.142. The van der Waals surface area contributed by atoms with Crippen molar-refractivity contribution in [2.45, 2.75) is 26.2 Å². The highest BCUT2D eigenvalue weighted by molar-refractivity contribution is 6.00. The van der Waals surface area contributed by atoms with E-state index in [0.717, 1.165) is 19.3 Å². The molecule has 0 spiro atoms. The van der Waals surface area contributed by atoms with Crippen LogP contribution in [0, 0.1) is 17.8 Å². The Morgan fingerprint density at radius 2 is 1.92 bits per heavy atom. The first-order chi connectivity index (χ1) is 12.0. The van der Waals surface area contributed by atoms with Gasteiger partial charge in [-0.1, -0.05) is 13.0 Å². The first kappa shape index (κ1) is 17.5. The van der Waals surface area contributed by atoms with Crippen molar-refractivity contribution < 1.29 is 19.5 Å². The zero-order valence-corrected chi connectivity index (χ0v) is 14.4. The van der Waals surface area contributed by atoms with E-state index in [-0.39, 0.29) is 24.3 Å². The number of nitrogens with zero attached hydrogens (tertiary/aromatic N) is 1. The lowest BCUT2D eigenvalue weighted by atomic mass is 9.92. The molecule has 1 aromatic rings. The monoisotopic (exact) mass is 344 g/mol. The molecular formula is C19H24N2O4. The molecule has 2 amide bonds. The third-order valence-corrected chi connectivity index (χ3v) is 5.10. The summed E-state index contributed by atoms with van der Waals surface area (Å²) in [5.74, 6) is -1.20. The average Bonchev–Trinajstić information content (AvgIpc) is 3.37. The molecule has 0 radical (unpaired) electrons. The predicted octanol–water partition coefficient (Wildman–Crippen LogP) is 2.01. The van der Waals surface area contributed by atoms with E-state index in [1.165, 1.54) is 0 Å². The Morgan fingerprint density at radius 3 is 2.56 bits per heavy atom. The van der Waals surface area contributed by atoms with Gasteiger partial charge in [0, 0.05) is 30.8 Å². The molecule has 134 valence electrons. The van der Waals surface area contributed by atoms with Crippen LogP contribution in [0.25, 0.3) is 0 Å². The van der Waals surface area contributed by atoms with Gasteiger partial charge >= 0.3 is 5.97 Å². The number of carboxylic acids is 1. The Hall–Kier alpha value is -2.37. The summed E-state index contributed by atoms with van der Waals surface area (Å²) >= 11 is 0. The summed E-state index contributed by atoms with van der Waals surface area (Å²) in [6.45, 7) is 3.31. The molecule has 0 bridgehead atoms. The zero-order chi connectivity index (χ0) is 18.0. The summed E-state index contributed by atoms with van der Waals surface area (Å²) < 4.78 is 0. The minimum atomic E-state index is -0.820. The summed E-state index contributed by atoms with van der Waals surface area (Å²) in [4.78, 5) is 38.0. The third kappa shape index (κ3) is 3.83. The number of nitrogens with one attached hydrogen (secondary N) is 1. The van der Waals surface area contributed by atoms with Crippen LogP contribution in [-0.4, -0.2) is 47.4 Å². The molecule has 2 aliphatic rings. The fourth-order valence-corrected chi connectivity index (χ4v) is 3.57. The van der Waals surface area contributed by atoms with E-state index in [2.05, 4.69) is 5.32 Å². The molecule has 0 unspecified atom stereocenters.